The molecule has 19 heavy (non-hydrogen) atoms. The highest BCUT2D eigenvalue weighted by Gasteiger charge is 2.52. The molecule has 1 aromatic carbocycles. The SMILES string of the molecule is CN(C(=O)C1(C#N)CC1)c1ccc2c(c1)ncn2C. The van der Waals surface area contributed by atoms with Gasteiger partial charge in [-0.3, -0.25) is 4.79 Å². The van der Waals surface area contributed by atoms with Crippen molar-refractivity contribution >= 4 is 22.6 Å². The van der Waals surface area contributed by atoms with Crippen molar-refractivity contribution in [2.75, 3.05) is 11.9 Å². The number of carbonyl (C=O) groups is 1. The zero-order chi connectivity index (χ0) is 13.6. The molecule has 1 aliphatic carbocycles. The summed E-state index contributed by atoms with van der Waals surface area (Å²) in [7, 11) is 3.64. The van der Waals surface area contributed by atoms with Crippen molar-refractivity contribution in [3.8, 4) is 6.07 Å². The summed E-state index contributed by atoms with van der Waals surface area (Å²) >= 11 is 0. The first-order chi connectivity index (χ1) is 9.07. The van der Waals surface area contributed by atoms with E-state index in [1.54, 1.807) is 18.3 Å². The molecule has 2 aromatic rings. The molecule has 0 saturated heterocycles. The highest BCUT2D eigenvalue weighted by molar-refractivity contribution is 6.01. The van der Waals surface area contributed by atoms with E-state index in [4.69, 9.17) is 5.26 Å². The van der Waals surface area contributed by atoms with Gasteiger partial charge in [-0.1, -0.05) is 0 Å². The molecule has 0 unspecified atom stereocenters. The Kier molecular flexibility index (Phi) is 2.36. The third kappa shape index (κ3) is 1.68. The maximum absolute atomic E-state index is 12.3. The van der Waals surface area contributed by atoms with Gasteiger partial charge in [0.25, 0.3) is 0 Å². The Balaban J connectivity index is 1.96. The van der Waals surface area contributed by atoms with Gasteiger partial charge in [-0.2, -0.15) is 5.26 Å². The van der Waals surface area contributed by atoms with Gasteiger partial charge in [-0.15, -0.1) is 0 Å². The van der Waals surface area contributed by atoms with Crippen molar-refractivity contribution in [3.63, 3.8) is 0 Å². The Morgan fingerprint density at radius 3 is 2.89 bits per heavy atom. The number of benzene rings is 1. The summed E-state index contributed by atoms with van der Waals surface area (Å²) in [5.74, 6) is -0.120. The van der Waals surface area contributed by atoms with E-state index in [1.807, 2.05) is 29.8 Å². The van der Waals surface area contributed by atoms with Gasteiger partial charge in [-0.05, 0) is 31.0 Å². The standard InChI is InChI=1S/C14H14N4O/c1-17-9-16-11-7-10(3-4-12(11)17)18(2)13(19)14(8-15)5-6-14/h3-4,7,9H,5-6H2,1-2H3. The van der Waals surface area contributed by atoms with Crippen LogP contribution in [0.4, 0.5) is 5.69 Å². The van der Waals surface area contributed by atoms with Gasteiger partial charge in [0, 0.05) is 19.8 Å². The Morgan fingerprint density at radius 1 is 1.53 bits per heavy atom. The van der Waals surface area contributed by atoms with Gasteiger partial charge in [0.15, 0.2) is 0 Å². The molecular formula is C14H14N4O. The van der Waals surface area contributed by atoms with E-state index < -0.39 is 5.41 Å². The maximum Gasteiger partial charge on any atom is 0.247 e. The minimum Gasteiger partial charge on any atom is -0.334 e. The smallest absolute Gasteiger partial charge is 0.247 e. The number of nitrogens with zero attached hydrogens (tertiary/aromatic N) is 4. The lowest BCUT2D eigenvalue weighted by Gasteiger charge is -2.19. The third-order valence-corrected chi connectivity index (χ3v) is 3.77. The van der Waals surface area contributed by atoms with Gasteiger partial charge in [-0.25, -0.2) is 4.98 Å². The summed E-state index contributed by atoms with van der Waals surface area (Å²) in [5, 5.41) is 9.08. The highest BCUT2D eigenvalue weighted by Crippen LogP contribution is 2.46. The Morgan fingerprint density at radius 2 is 2.26 bits per heavy atom. The lowest BCUT2D eigenvalue weighted by Crippen LogP contribution is -2.33. The molecule has 0 aliphatic heterocycles. The van der Waals surface area contributed by atoms with E-state index in [0.717, 1.165) is 16.7 Å². The number of hydrogen-bond donors (Lipinski definition) is 0. The number of carbonyl (C=O) groups excluding carboxylic acids is 1. The molecule has 1 saturated carbocycles. The number of fused-ring (bicyclic) bond motifs is 1. The fourth-order valence-electron chi connectivity index (χ4n) is 2.27. The summed E-state index contributed by atoms with van der Waals surface area (Å²) in [6.07, 6.45) is 3.07. The number of imidazole rings is 1. The van der Waals surface area contributed by atoms with Crippen molar-refractivity contribution in [2.24, 2.45) is 12.5 Å². The molecule has 3 rings (SSSR count). The fourth-order valence-corrected chi connectivity index (χ4v) is 2.27. The summed E-state index contributed by atoms with van der Waals surface area (Å²) in [4.78, 5) is 18.1. The molecule has 1 amide bonds. The quantitative estimate of drug-likeness (QED) is 0.821. The van der Waals surface area contributed by atoms with E-state index in [1.165, 1.54) is 0 Å². The van der Waals surface area contributed by atoms with Crippen molar-refractivity contribution in [1.82, 2.24) is 9.55 Å². The van der Waals surface area contributed by atoms with Gasteiger partial charge in [0.05, 0.1) is 23.4 Å². The van der Waals surface area contributed by atoms with Gasteiger partial charge in [0.2, 0.25) is 5.91 Å². The first-order valence-corrected chi connectivity index (χ1v) is 6.18. The Bertz CT molecular complexity index is 706. The number of nitriles is 1. The van der Waals surface area contributed by atoms with Crippen LogP contribution in [0.15, 0.2) is 24.5 Å². The molecule has 0 N–H and O–H groups in total. The minimum atomic E-state index is -0.784. The van der Waals surface area contributed by atoms with Crippen LogP contribution in [0.2, 0.25) is 0 Å². The molecule has 0 atom stereocenters. The summed E-state index contributed by atoms with van der Waals surface area (Å²) < 4.78 is 1.93. The molecule has 0 spiro atoms. The van der Waals surface area contributed by atoms with E-state index in [0.29, 0.717) is 12.8 Å². The Labute approximate surface area is 111 Å². The summed E-state index contributed by atoms with van der Waals surface area (Å²) in [5.41, 5.74) is 1.86. The van der Waals surface area contributed by atoms with E-state index in [-0.39, 0.29) is 5.91 Å². The predicted molar refractivity (Wildman–Crippen MR) is 71.4 cm³/mol. The second-order valence-electron chi connectivity index (χ2n) is 5.09. The normalized spacial score (nSPS) is 16.1. The molecule has 0 radical (unpaired) electrons. The van der Waals surface area contributed by atoms with E-state index in [9.17, 15) is 4.79 Å². The number of aromatic nitrogens is 2. The van der Waals surface area contributed by atoms with E-state index in [2.05, 4.69) is 11.1 Å². The zero-order valence-corrected chi connectivity index (χ0v) is 10.9. The molecule has 1 aliphatic rings. The molecule has 1 heterocycles. The number of anilines is 1. The van der Waals surface area contributed by atoms with Crippen LogP contribution in [-0.2, 0) is 11.8 Å². The van der Waals surface area contributed by atoms with Crippen LogP contribution in [0.1, 0.15) is 12.8 Å². The van der Waals surface area contributed by atoms with Crippen LogP contribution in [0.3, 0.4) is 0 Å². The van der Waals surface area contributed by atoms with Crippen molar-refractivity contribution in [2.45, 2.75) is 12.8 Å². The average Bonchev–Trinajstić information content (AvgIpc) is 3.16. The topological polar surface area (TPSA) is 61.9 Å². The number of rotatable bonds is 2. The van der Waals surface area contributed by atoms with Crippen LogP contribution >= 0.6 is 0 Å². The molecule has 1 fully saturated rings. The lowest BCUT2D eigenvalue weighted by molar-refractivity contribution is -0.121. The molecule has 96 valence electrons. The van der Waals surface area contributed by atoms with Crippen LogP contribution < -0.4 is 4.90 Å². The number of hydrogen-bond acceptors (Lipinski definition) is 3. The number of aryl methyl sites for hydroxylation is 1. The first-order valence-electron chi connectivity index (χ1n) is 6.18. The van der Waals surface area contributed by atoms with Crippen LogP contribution in [0, 0.1) is 16.7 Å². The molecule has 5 heteroatoms. The highest BCUT2D eigenvalue weighted by atomic mass is 16.2. The monoisotopic (exact) mass is 254 g/mol. The van der Waals surface area contributed by atoms with Crippen molar-refractivity contribution < 1.29 is 4.79 Å². The second kappa shape index (κ2) is 3.82. The van der Waals surface area contributed by atoms with Gasteiger partial charge in [0.1, 0.15) is 5.41 Å². The fraction of sp³-hybridized carbons (Fsp3) is 0.357. The molecule has 1 aromatic heterocycles. The summed E-state index contributed by atoms with van der Waals surface area (Å²) in [6.45, 7) is 0. The third-order valence-electron chi connectivity index (χ3n) is 3.77. The van der Waals surface area contributed by atoms with Gasteiger partial charge >= 0.3 is 0 Å². The minimum absolute atomic E-state index is 0.120. The van der Waals surface area contributed by atoms with Crippen LogP contribution in [0.25, 0.3) is 11.0 Å². The zero-order valence-electron chi connectivity index (χ0n) is 10.9. The molecular weight excluding hydrogens is 240 g/mol. The largest absolute Gasteiger partial charge is 0.334 e. The van der Waals surface area contributed by atoms with Crippen LogP contribution in [-0.4, -0.2) is 22.5 Å². The first kappa shape index (κ1) is 11.7. The van der Waals surface area contributed by atoms with Crippen molar-refractivity contribution in [1.29, 1.82) is 5.26 Å². The Hall–Kier alpha value is -2.35. The van der Waals surface area contributed by atoms with Crippen molar-refractivity contribution in [3.05, 3.63) is 24.5 Å². The van der Waals surface area contributed by atoms with Gasteiger partial charge < -0.3 is 9.47 Å². The molecule has 0 bridgehead atoms. The average molecular weight is 254 g/mol. The molecule has 5 nitrogen and oxygen atoms in total. The lowest BCUT2D eigenvalue weighted by atomic mass is 10.1. The maximum atomic E-state index is 12.3. The van der Waals surface area contributed by atoms with Crippen LogP contribution in [0.5, 0.6) is 0 Å². The number of amides is 1. The second-order valence-corrected chi connectivity index (χ2v) is 5.09. The summed E-state index contributed by atoms with van der Waals surface area (Å²) in [6, 6.07) is 7.83. The van der Waals surface area contributed by atoms with E-state index >= 15 is 0 Å². The predicted octanol–water partition coefficient (Wildman–Crippen LogP) is 1.84.